The Morgan fingerprint density at radius 2 is 2.12 bits per heavy atom. The van der Waals surface area contributed by atoms with Gasteiger partial charge in [-0.1, -0.05) is 6.07 Å². The van der Waals surface area contributed by atoms with Crippen molar-refractivity contribution in [1.82, 2.24) is 0 Å². The maximum absolute atomic E-state index is 12.1. The van der Waals surface area contributed by atoms with Gasteiger partial charge in [0.2, 0.25) is 0 Å². The van der Waals surface area contributed by atoms with Gasteiger partial charge in [-0.05, 0) is 31.0 Å². The molecule has 1 aliphatic rings. The monoisotopic (exact) mass is 247 g/mol. The fourth-order valence-electron chi connectivity index (χ4n) is 1.38. The van der Waals surface area contributed by atoms with Crippen LogP contribution in [0, 0.1) is 6.07 Å². The maximum Gasteiger partial charge on any atom is 0.387 e. The standard InChI is InChI=1S/C10H9F2O3S/c11-10(12)15-8-3-1-2-4-9(8)16(13,14)7-5-6-7/h2-4,7,10H,5-6H2. The SMILES string of the molecule is O=S(=O)(c1cc[c]cc1OC(F)F)C1CC1. The van der Waals surface area contributed by atoms with Crippen molar-refractivity contribution in [2.45, 2.75) is 29.6 Å². The van der Waals surface area contributed by atoms with Gasteiger partial charge in [0.25, 0.3) is 0 Å². The average Bonchev–Trinajstić information content (AvgIpc) is 3.00. The number of benzene rings is 1. The molecule has 0 bridgehead atoms. The van der Waals surface area contributed by atoms with Crippen molar-refractivity contribution >= 4 is 9.84 Å². The molecule has 1 aromatic rings. The van der Waals surface area contributed by atoms with Crippen LogP contribution in [0.25, 0.3) is 0 Å². The van der Waals surface area contributed by atoms with Gasteiger partial charge in [0.05, 0.1) is 5.25 Å². The molecule has 0 unspecified atom stereocenters. The fraction of sp³-hybridized carbons (Fsp3) is 0.400. The molecular formula is C10H9F2O3S. The normalized spacial score (nSPS) is 16.4. The van der Waals surface area contributed by atoms with Gasteiger partial charge in [0, 0.05) is 0 Å². The first kappa shape index (κ1) is 11.3. The summed E-state index contributed by atoms with van der Waals surface area (Å²) in [5, 5.41) is -0.449. The van der Waals surface area contributed by atoms with Crippen LogP contribution in [-0.2, 0) is 9.84 Å². The molecule has 0 spiro atoms. The smallest absolute Gasteiger partial charge is 0.387 e. The summed E-state index contributed by atoms with van der Waals surface area (Å²) < 4.78 is 52.0. The van der Waals surface area contributed by atoms with Crippen LogP contribution in [0.15, 0.2) is 23.1 Å². The quantitative estimate of drug-likeness (QED) is 0.817. The van der Waals surface area contributed by atoms with Gasteiger partial charge in [-0.25, -0.2) is 8.42 Å². The van der Waals surface area contributed by atoms with E-state index >= 15 is 0 Å². The lowest BCUT2D eigenvalue weighted by molar-refractivity contribution is -0.0517. The predicted octanol–water partition coefficient (Wildman–Crippen LogP) is 2.02. The molecule has 6 heteroatoms. The highest BCUT2D eigenvalue weighted by atomic mass is 32.2. The summed E-state index contributed by atoms with van der Waals surface area (Å²) in [5.41, 5.74) is 0. The number of sulfone groups is 1. The van der Waals surface area contributed by atoms with Crippen LogP contribution in [0.1, 0.15) is 12.8 Å². The van der Waals surface area contributed by atoms with E-state index in [1.165, 1.54) is 12.1 Å². The fourth-order valence-corrected chi connectivity index (χ4v) is 3.14. The van der Waals surface area contributed by atoms with E-state index in [-0.39, 0.29) is 10.6 Å². The van der Waals surface area contributed by atoms with Crippen LogP contribution in [0.4, 0.5) is 8.78 Å². The number of hydrogen-bond donors (Lipinski definition) is 0. The molecule has 0 atom stereocenters. The number of halogens is 2. The average molecular weight is 247 g/mol. The molecule has 87 valence electrons. The second-order valence-corrected chi connectivity index (χ2v) is 5.69. The van der Waals surface area contributed by atoms with Gasteiger partial charge >= 0.3 is 6.61 Å². The molecule has 16 heavy (non-hydrogen) atoms. The number of rotatable bonds is 4. The predicted molar refractivity (Wildman–Crippen MR) is 52.1 cm³/mol. The van der Waals surface area contributed by atoms with Crippen molar-refractivity contribution in [3.8, 4) is 5.75 Å². The zero-order valence-corrected chi connectivity index (χ0v) is 9.01. The Hall–Kier alpha value is -1.17. The maximum atomic E-state index is 12.1. The lowest BCUT2D eigenvalue weighted by atomic mass is 10.3. The third kappa shape index (κ3) is 2.16. The summed E-state index contributed by atoms with van der Waals surface area (Å²) in [6.45, 7) is -3.04. The highest BCUT2D eigenvalue weighted by molar-refractivity contribution is 7.92. The summed E-state index contributed by atoms with van der Waals surface area (Å²) in [6.07, 6.45) is 1.16. The summed E-state index contributed by atoms with van der Waals surface area (Å²) >= 11 is 0. The van der Waals surface area contributed by atoms with Gasteiger partial charge in [-0.2, -0.15) is 8.78 Å². The molecule has 0 aromatic heterocycles. The van der Waals surface area contributed by atoms with Gasteiger partial charge in [-0.3, -0.25) is 0 Å². The van der Waals surface area contributed by atoms with Gasteiger partial charge in [-0.15, -0.1) is 0 Å². The molecule has 1 radical (unpaired) electrons. The van der Waals surface area contributed by atoms with Gasteiger partial charge in [0.15, 0.2) is 9.84 Å². The van der Waals surface area contributed by atoms with Crippen LogP contribution in [0.5, 0.6) is 5.75 Å². The Morgan fingerprint density at radius 3 is 2.69 bits per heavy atom. The van der Waals surface area contributed by atoms with E-state index in [0.717, 1.165) is 6.07 Å². The molecule has 3 nitrogen and oxygen atoms in total. The van der Waals surface area contributed by atoms with E-state index in [1.54, 1.807) is 0 Å². The molecule has 2 rings (SSSR count). The van der Waals surface area contributed by atoms with Crippen molar-refractivity contribution in [2.24, 2.45) is 0 Å². The Balaban J connectivity index is 2.39. The molecule has 1 fully saturated rings. The highest BCUT2D eigenvalue weighted by Crippen LogP contribution is 2.37. The molecular weight excluding hydrogens is 238 g/mol. The summed E-state index contributed by atoms with van der Waals surface area (Å²) in [4.78, 5) is -0.172. The van der Waals surface area contributed by atoms with Gasteiger partial charge in [0.1, 0.15) is 10.6 Å². The molecule has 0 heterocycles. The Kier molecular flexibility index (Phi) is 2.84. The van der Waals surface area contributed by atoms with Crippen molar-refractivity contribution in [3.05, 3.63) is 24.3 Å². The first-order valence-corrected chi connectivity index (χ1v) is 6.25. The van der Waals surface area contributed by atoms with Crippen molar-refractivity contribution < 1.29 is 21.9 Å². The number of ether oxygens (including phenoxy) is 1. The zero-order valence-electron chi connectivity index (χ0n) is 8.19. The minimum atomic E-state index is -3.52. The molecule has 1 saturated carbocycles. The van der Waals surface area contributed by atoms with E-state index in [1.807, 2.05) is 0 Å². The Labute approximate surface area is 92.0 Å². The van der Waals surface area contributed by atoms with Crippen LogP contribution >= 0.6 is 0 Å². The molecule has 0 amide bonds. The zero-order chi connectivity index (χ0) is 11.8. The lowest BCUT2D eigenvalue weighted by Gasteiger charge is -2.10. The molecule has 1 aromatic carbocycles. The molecule has 0 N–H and O–H groups in total. The van der Waals surface area contributed by atoms with Crippen LogP contribution < -0.4 is 4.74 Å². The number of alkyl halides is 2. The van der Waals surface area contributed by atoms with Crippen LogP contribution in [0.2, 0.25) is 0 Å². The molecule has 0 saturated heterocycles. The Bertz CT molecular complexity index is 481. The van der Waals surface area contributed by atoms with E-state index in [4.69, 9.17) is 0 Å². The van der Waals surface area contributed by atoms with Crippen molar-refractivity contribution in [1.29, 1.82) is 0 Å². The minimum absolute atomic E-state index is 0.172. The first-order valence-electron chi connectivity index (χ1n) is 4.70. The van der Waals surface area contributed by atoms with E-state index in [0.29, 0.717) is 12.8 Å². The second-order valence-electron chi connectivity index (χ2n) is 3.50. The summed E-state index contributed by atoms with van der Waals surface area (Å²) in [7, 11) is -3.52. The number of hydrogen-bond acceptors (Lipinski definition) is 3. The highest BCUT2D eigenvalue weighted by Gasteiger charge is 2.38. The van der Waals surface area contributed by atoms with Gasteiger partial charge < -0.3 is 4.74 Å². The molecule has 1 aliphatic carbocycles. The minimum Gasteiger partial charge on any atom is -0.433 e. The van der Waals surface area contributed by atoms with E-state index < -0.39 is 21.7 Å². The second kappa shape index (κ2) is 4.01. The Morgan fingerprint density at radius 1 is 1.44 bits per heavy atom. The summed E-state index contributed by atoms with van der Waals surface area (Å²) in [6, 6.07) is 6.24. The van der Waals surface area contributed by atoms with E-state index in [9.17, 15) is 17.2 Å². The van der Waals surface area contributed by atoms with Crippen molar-refractivity contribution in [3.63, 3.8) is 0 Å². The third-order valence-electron chi connectivity index (χ3n) is 2.27. The lowest BCUT2D eigenvalue weighted by Crippen LogP contribution is -2.11. The molecule has 0 aliphatic heterocycles. The van der Waals surface area contributed by atoms with E-state index in [2.05, 4.69) is 10.8 Å². The topological polar surface area (TPSA) is 43.4 Å². The third-order valence-corrected chi connectivity index (χ3v) is 4.57. The van der Waals surface area contributed by atoms with Crippen molar-refractivity contribution in [2.75, 3.05) is 0 Å². The largest absolute Gasteiger partial charge is 0.433 e. The summed E-state index contributed by atoms with van der Waals surface area (Å²) in [5.74, 6) is -0.329. The first-order chi connectivity index (χ1) is 7.51. The van der Waals surface area contributed by atoms with Crippen LogP contribution in [0.3, 0.4) is 0 Å². The van der Waals surface area contributed by atoms with Crippen LogP contribution in [-0.4, -0.2) is 20.3 Å².